The number of rotatable bonds is 4. The molecule has 1 N–H and O–H groups in total. The number of Topliss-reactive ketones (excluding diaryl/α,β-unsaturated/α-hetero) is 1. The Kier molecular flexibility index (Phi) is 3.93. The summed E-state index contributed by atoms with van der Waals surface area (Å²) in [7, 11) is 0. The van der Waals surface area contributed by atoms with Crippen molar-refractivity contribution in [2.45, 2.75) is 31.5 Å². The lowest BCUT2D eigenvalue weighted by Gasteiger charge is -2.30. The number of halogens is 3. The van der Waals surface area contributed by atoms with Crippen molar-refractivity contribution in [3.8, 4) is 0 Å². The van der Waals surface area contributed by atoms with Gasteiger partial charge in [0.1, 0.15) is 5.78 Å². The third kappa shape index (κ3) is 2.85. The van der Waals surface area contributed by atoms with E-state index in [1.807, 2.05) is 0 Å². The van der Waals surface area contributed by atoms with Crippen LogP contribution in [0, 0.1) is 0 Å². The Hall–Kier alpha value is -1.36. The molecule has 2 nitrogen and oxygen atoms in total. The molecule has 0 radical (unpaired) electrons. The maximum atomic E-state index is 12.9. The third-order valence-corrected chi connectivity index (χ3v) is 2.57. The summed E-state index contributed by atoms with van der Waals surface area (Å²) in [4.78, 5) is 11.2. The van der Waals surface area contributed by atoms with Crippen LogP contribution in [-0.4, -0.2) is 17.1 Å². The number of carbonyl (C=O) groups is 1. The van der Waals surface area contributed by atoms with Crippen molar-refractivity contribution < 1.29 is 23.1 Å². The number of alkyl halides is 3. The molecule has 0 bridgehead atoms. The summed E-state index contributed by atoms with van der Waals surface area (Å²) in [5, 5.41) is 9.77. The standard InChI is InChI=1S/C12H13F3O2/c1-2-10(16)8-11(17,12(13,14)15)9-6-4-3-5-7-9/h3-7,17H,2,8H2,1H3/t11-/m0/s1. The molecule has 0 saturated heterocycles. The number of benzene rings is 1. The average Bonchev–Trinajstić information content (AvgIpc) is 2.28. The largest absolute Gasteiger partial charge is 0.421 e. The van der Waals surface area contributed by atoms with E-state index in [1.165, 1.54) is 19.1 Å². The van der Waals surface area contributed by atoms with Crippen molar-refractivity contribution in [3.63, 3.8) is 0 Å². The van der Waals surface area contributed by atoms with Crippen LogP contribution in [0.15, 0.2) is 30.3 Å². The Morgan fingerprint density at radius 1 is 1.24 bits per heavy atom. The molecular formula is C12H13F3O2. The van der Waals surface area contributed by atoms with Crippen molar-refractivity contribution in [3.05, 3.63) is 35.9 Å². The molecule has 0 aliphatic heterocycles. The highest BCUT2D eigenvalue weighted by molar-refractivity contribution is 5.79. The van der Waals surface area contributed by atoms with E-state index in [2.05, 4.69) is 0 Å². The maximum Gasteiger partial charge on any atom is 0.421 e. The van der Waals surface area contributed by atoms with Crippen molar-refractivity contribution in [2.24, 2.45) is 0 Å². The fourth-order valence-electron chi connectivity index (χ4n) is 1.49. The highest BCUT2D eigenvalue weighted by Crippen LogP contribution is 2.41. The minimum atomic E-state index is -4.88. The molecule has 0 amide bonds. The summed E-state index contributed by atoms with van der Waals surface area (Å²) in [6.07, 6.45) is -5.86. The van der Waals surface area contributed by atoms with E-state index in [-0.39, 0.29) is 12.0 Å². The first kappa shape index (κ1) is 13.7. The van der Waals surface area contributed by atoms with Crippen LogP contribution in [0.25, 0.3) is 0 Å². The molecule has 0 aliphatic carbocycles. The topological polar surface area (TPSA) is 37.3 Å². The molecule has 0 aromatic heterocycles. The van der Waals surface area contributed by atoms with Gasteiger partial charge in [0.2, 0.25) is 0 Å². The summed E-state index contributed by atoms with van der Waals surface area (Å²) in [5.41, 5.74) is -3.41. The van der Waals surface area contributed by atoms with Crippen molar-refractivity contribution in [1.82, 2.24) is 0 Å². The number of ketones is 1. The molecule has 0 spiro atoms. The summed E-state index contributed by atoms with van der Waals surface area (Å²) in [5.74, 6) is -0.631. The monoisotopic (exact) mass is 246 g/mol. The number of carbonyl (C=O) groups excluding carboxylic acids is 1. The minimum absolute atomic E-state index is 0.0365. The Labute approximate surface area is 97.1 Å². The summed E-state index contributed by atoms with van der Waals surface area (Å²) in [6.45, 7) is 1.46. The van der Waals surface area contributed by atoms with Gasteiger partial charge in [-0.05, 0) is 5.56 Å². The van der Waals surface area contributed by atoms with Crippen LogP contribution in [0.1, 0.15) is 25.3 Å². The second-order valence-electron chi connectivity index (χ2n) is 3.79. The van der Waals surface area contributed by atoms with E-state index >= 15 is 0 Å². The zero-order chi connectivity index (χ0) is 13.1. The lowest BCUT2D eigenvalue weighted by atomic mass is 9.87. The number of hydrogen-bond donors (Lipinski definition) is 1. The van der Waals surface area contributed by atoms with Gasteiger partial charge in [0, 0.05) is 12.8 Å². The third-order valence-electron chi connectivity index (χ3n) is 2.57. The highest BCUT2D eigenvalue weighted by Gasteiger charge is 2.55. The van der Waals surface area contributed by atoms with Crippen LogP contribution in [0.2, 0.25) is 0 Å². The zero-order valence-electron chi connectivity index (χ0n) is 9.29. The molecule has 1 aromatic rings. The lowest BCUT2D eigenvalue weighted by Crippen LogP contribution is -2.44. The van der Waals surface area contributed by atoms with Crippen molar-refractivity contribution in [2.75, 3.05) is 0 Å². The van der Waals surface area contributed by atoms with Crippen molar-refractivity contribution in [1.29, 1.82) is 0 Å². The Bertz CT molecular complexity index is 386. The molecular weight excluding hydrogens is 233 g/mol. The fraction of sp³-hybridized carbons (Fsp3) is 0.417. The van der Waals surface area contributed by atoms with E-state index < -0.39 is 24.0 Å². The van der Waals surface area contributed by atoms with Gasteiger partial charge in [-0.15, -0.1) is 0 Å². The summed E-state index contributed by atoms with van der Waals surface area (Å²) < 4.78 is 38.7. The smallest absolute Gasteiger partial charge is 0.376 e. The van der Waals surface area contributed by atoms with Gasteiger partial charge in [-0.2, -0.15) is 13.2 Å². The summed E-state index contributed by atoms with van der Waals surface area (Å²) >= 11 is 0. The molecule has 0 heterocycles. The van der Waals surface area contributed by atoms with Crippen molar-refractivity contribution >= 4 is 5.78 Å². The van der Waals surface area contributed by atoms with E-state index in [0.29, 0.717) is 0 Å². The minimum Gasteiger partial charge on any atom is -0.376 e. The molecule has 5 heteroatoms. The second-order valence-corrected chi connectivity index (χ2v) is 3.79. The van der Waals surface area contributed by atoms with E-state index in [0.717, 1.165) is 12.1 Å². The quantitative estimate of drug-likeness (QED) is 0.887. The zero-order valence-corrected chi connectivity index (χ0v) is 9.29. The van der Waals surface area contributed by atoms with Gasteiger partial charge in [-0.3, -0.25) is 4.79 Å². The van der Waals surface area contributed by atoms with Gasteiger partial charge in [0.15, 0.2) is 5.60 Å². The van der Waals surface area contributed by atoms with E-state index in [9.17, 15) is 23.1 Å². The molecule has 0 aliphatic rings. The van der Waals surface area contributed by atoms with Crippen LogP contribution in [-0.2, 0) is 10.4 Å². The molecule has 0 fully saturated rings. The van der Waals surface area contributed by atoms with Crippen LogP contribution in [0.4, 0.5) is 13.2 Å². The van der Waals surface area contributed by atoms with Gasteiger partial charge in [0.25, 0.3) is 0 Å². The van der Waals surface area contributed by atoms with E-state index in [4.69, 9.17) is 0 Å². The molecule has 1 atom stereocenters. The molecule has 1 rings (SSSR count). The molecule has 94 valence electrons. The Balaban J connectivity index is 3.16. The van der Waals surface area contributed by atoms with Gasteiger partial charge in [-0.25, -0.2) is 0 Å². The first-order valence-corrected chi connectivity index (χ1v) is 5.17. The molecule has 0 saturated carbocycles. The summed E-state index contributed by atoms with van der Waals surface area (Å²) in [6, 6.07) is 6.65. The van der Waals surface area contributed by atoms with Crippen LogP contribution in [0.3, 0.4) is 0 Å². The predicted molar refractivity (Wildman–Crippen MR) is 56.3 cm³/mol. The molecule has 17 heavy (non-hydrogen) atoms. The first-order chi connectivity index (χ1) is 7.81. The number of aliphatic hydroxyl groups is 1. The van der Waals surface area contributed by atoms with E-state index in [1.54, 1.807) is 6.07 Å². The van der Waals surface area contributed by atoms with Gasteiger partial charge >= 0.3 is 6.18 Å². The normalized spacial score (nSPS) is 15.4. The lowest BCUT2D eigenvalue weighted by molar-refractivity contribution is -0.267. The molecule has 1 aromatic carbocycles. The van der Waals surface area contributed by atoms with Gasteiger partial charge in [-0.1, -0.05) is 37.3 Å². The molecule has 0 unspecified atom stereocenters. The SMILES string of the molecule is CCC(=O)C[C@](O)(c1ccccc1)C(F)(F)F. The van der Waals surface area contributed by atoms with Crippen LogP contribution < -0.4 is 0 Å². The Morgan fingerprint density at radius 3 is 2.18 bits per heavy atom. The Morgan fingerprint density at radius 2 is 1.76 bits per heavy atom. The highest BCUT2D eigenvalue weighted by atomic mass is 19.4. The fourth-order valence-corrected chi connectivity index (χ4v) is 1.49. The van der Waals surface area contributed by atoms with Crippen LogP contribution in [0.5, 0.6) is 0 Å². The first-order valence-electron chi connectivity index (χ1n) is 5.17. The average molecular weight is 246 g/mol. The second kappa shape index (κ2) is 4.87. The van der Waals surface area contributed by atoms with Gasteiger partial charge < -0.3 is 5.11 Å². The van der Waals surface area contributed by atoms with Crippen LogP contribution >= 0.6 is 0 Å². The van der Waals surface area contributed by atoms with Gasteiger partial charge in [0.05, 0.1) is 0 Å². The number of hydrogen-bond acceptors (Lipinski definition) is 2. The predicted octanol–water partition coefficient (Wildman–Crippen LogP) is 2.81. The maximum absolute atomic E-state index is 12.9.